The van der Waals surface area contributed by atoms with Gasteiger partial charge in [0.1, 0.15) is 5.52 Å². The van der Waals surface area contributed by atoms with Crippen LogP contribution in [0.3, 0.4) is 0 Å². The number of nitrogens with two attached hydrogens (primary N) is 1. The molecule has 98 valence electrons. The number of pyridine rings is 1. The van der Waals surface area contributed by atoms with E-state index in [9.17, 15) is 0 Å². The number of nitrogen functional groups attached to an aromatic ring is 1. The van der Waals surface area contributed by atoms with Crippen molar-refractivity contribution in [2.45, 2.75) is 27.3 Å². The number of aryl methyl sites for hydroxylation is 1. The Balaban J connectivity index is 2.12. The summed E-state index contributed by atoms with van der Waals surface area (Å²) in [6, 6.07) is 3.88. The van der Waals surface area contributed by atoms with Crippen LogP contribution in [-0.4, -0.2) is 27.7 Å². The highest BCUT2D eigenvalue weighted by Gasteiger charge is 2.09. The van der Waals surface area contributed by atoms with Crippen molar-refractivity contribution in [1.82, 2.24) is 14.5 Å². The molecule has 0 saturated heterocycles. The maximum atomic E-state index is 5.90. The zero-order valence-corrected chi connectivity index (χ0v) is 11.2. The Kier molecular flexibility index (Phi) is 3.81. The Morgan fingerprint density at radius 3 is 2.83 bits per heavy atom. The lowest BCUT2D eigenvalue weighted by Crippen LogP contribution is -2.11. The Labute approximate surface area is 107 Å². The van der Waals surface area contributed by atoms with E-state index in [1.807, 2.05) is 23.6 Å². The minimum atomic E-state index is 0.497. The van der Waals surface area contributed by atoms with Gasteiger partial charge in [-0.05, 0) is 25.0 Å². The average Bonchev–Trinajstić information content (AvgIpc) is 2.60. The first-order chi connectivity index (χ1) is 8.58. The molecule has 0 spiro atoms. The first-order valence-corrected chi connectivity index (χ1v) is 6.25. The summed E-state index contributed by atoms with van der Waals surface area (Å²) in [5.41, 5.74) is 8.54. The number of ether oxygens (including phenoxy) is 1. The van der Waals surface area contributed by atoms with Crippen molar-refractivity contribution in [1.29, 1.82) is 0 Å². The van der Waals surface area contributed by atoms with Crippen LogP contribution in [0.15, 0.2) is 12.1 Å². The van der Waals surface area contributed by atoms with Crippen molar-refractivity contribution < 1.29 is 4.74 Å². The second kappa shape index (κ2) is 5.35. The highest BCUT2D eigenvalue weighted by molar-refractivity contribution is 5.74. The fourth-order valence-electron chi connectivity index (χ4n) is 1.81. The molecule has 2 N–H and O–H groups in total. The second-order valence-corrected chi connectivity index (χ2v) is 4.89. The van der Waals surface area contributed by atoms with Gasteiger partial charge in [0.2, 0.25) is 5.95 Å². The molecule has 0 aromatic carbocycles. The normalized spacial score (nSPS) is 11.6. The maximum absolute atomic E-state index is 5.90. The molecule has 0 unspecified atom stereocenters. The SMILES string of the molecule is Cc1ccc2nc(N)n(CCOCC(C)C)c2n1. The standard InChI is InChI=1S/C13H20N4O/c1-9(2)8-18-7-6-17-12-11(16-13(17)14)5-4-10(3)15-12/h4-5,9H,6-8H2,1-3H3,(H2,14,16). The fourth-order valence-corrected chi connectivity index (χ4v) is 1.81. The number of aromatic nitrogens is 3. The van der Waals surface area contributed by atoms with Crippen molar-refractivity contribution in [3.05, 3.63) is 17.8 Å². The van der Waals surface area contributed by atoms with Crippen molar-refractivity contribution >= 4 is 17.1 Å². The molecular formula is C13H20N4O. The van der Waals surface area contributed by atoms with Gasteiger partial charge in [-0.15, -0.1) is 0 Å². The van der Waals surface area contributed by atoms with Crippen LogP contribution in [-0.2, 0) is 11.3 Å². The molecule has 0 atom stereocenters. The minimum Gasteiger partial charge on any atom is -0.379 e. The van der Waals surface area contributed by atoms with E-state index in [1.54, 1.807) is 0 Å². The van der Waals surface area contributed by atoms with Gasteiger partial charge in [-0.25, -0.2) is 9.97 Å². The van der Waals surface area contributed by atoms with Crippen LogP contribution in [0.1, 0.15) is 19.5 Å². The minimum absolute atomic E-state index is 0.497. The molecule has 5 heteroatoms. The number of hydrogen-bond acceptors (Lipinski definition) is 4. The summed E-state index contributed by atoms with van der Waals surface area (Å²) in [7, 11) is 0. The number of hydrogen-bond donors (Lipinski definition) is 1. The molecule has 18 heavy (non-hydrogen) atoms. The van der Waals surface area contributed by atoms with Gasteiger partial charge in [0.15, 0.2) is 5.65 Å². The van der Waals surface area contributed by atoms with Gasteiger partial charge in [0, 0.05) is 12.3 Å². The second-order valence-electron chi connectivity index (χ2n) is 4.89. The third kappa shape index (κ3) is 2.79. The van der Waals surface area contributed by atoms with E-state index in [4.69, 9.17) is 10.5 Å². The molecule has 5 nitrogen and oxygen atoms in total. The van der Waals surface area contributed by atoms with Gasteiger partial charge >= 0.3 is 0 Å². The summed E-state index contributed by atoms with van der Waals surface area (Å²) < 4.78 is 7.48. The predicted octanol–water partition coefficient (Wildman–Crippen LogP) is 1.99. The van der Waals surface area contributed by atoms with Crippen LogP contribution < -0.4 is 5.73 Å². The lowest BCUT2D eigenvalue weighted by atomic mass is 10.2. The number of rotatable bonds is 5. The average molecular weight is 248 g/mol. The Hall–Kier alpha value is -1.62. The van der Waals surface area contributed by atoms with Crippen molar-refractivity contribution in [3.8, 4) is 0 Å². The first kappa shape index (κ1) is 12.8. The summed E-state index contributed by atoms with van der Waals surface area (Å²) in [6.07, 6.45) is 0. The van der Waals surface area contributed by atoms with Crippen LogP contribution in [0.25, 0.3) is 11.2 Å². The highest BCUT2D eigenvalue weighted by Crippen LogP contribution is 2.16. The molecule has 0 saturated carbocycles. The summed E-state index contributed by atoms with van der Waals surface area (Å²) in [5, 5.41) is 0. The van der Waals surface area contributed by atoms with E-state index in [-0.39, 0.29) is 0 Å². The zero-order valence-electron chi connectivity index (χ0n) is 11.2. The summed E-state index contributed by atoms with van der Waals surface area (Å²) in [4.78, 5) is 8.77. The third-order valence-corrected chi connectivity index (χ3v) is 2.67. The van der Waals surface area contributed by atoms with Crippen molar-refractivity contribution in [2.24, 2.45) is 5.92 Å². The van der Waals surface area contributed by atoms with Crippen LogP contribution in [0, 0.1) is 12.8 Å². The van der Waals surface area contributed by atoms with Crippen LogP contribution >= 0.6 is 0 Å². The summed E-state index contributed by atoms with van der Waals surface area (Å²) >= 11 is 0. The monoisotopic (exact) mass is 248 g/mol. The molecule has 2 aromatic heterocycles. The molecular weight excluding hydrogens is 228 g/mol. The lowest BCUT2D eigenvalue weighted by Gasteiger charge is -2.08. The number of fused-ring (bicyclic) bond motifs is 1. The van der Waals surface area contributed by atoms with Crippen LogP contribution in [0.4, 0.5) is 5.95 Å². The maximum Gasteiger partial charge on any atom is 0.202 e. The highest BCUT2D eigenvalue weighted by atomic mass is 16.5. The molecule has 0 aliphatic heterocycles. The summed E-state index contributed by atoms with van der Waals surface area (Å²) in [6.45, 7) is 8.30. The van der Waals surface area contributed by atoms with Gasteiger partial charge in [0.25, 0.3) is 0 Å². The van der Waals surface area contributed by atoms with E-state index in [1.165, 1.54) is 0 Å². The zero-order chi connectivity index (χ0) is 13.1. The van der Waals surface area contributed by atoms with E-state index >= 15 is 0 Å². The molecule has 0 aliphatic rings. The smallest absolute Gasteiger partial charge is 0.202 e. The topological polar surface area (TPSA) is 66.0 Å². The third-order valence-electron chi connectivity index (χ3n) is 2.67. The van der Waals surface area contributed by atoms with Gasteiger partial charge in [-0.3, -0.25) is 4.57 Å². The molecule has 0 amide bonds. The quantitative estimate of drug-likeness (QED) is 0.822. The lowest BCUT2D eigenvalue weighted by molar-refractivity contribution is 0.104. The van der Waals surface area contributed by atoms with Gasteiger partial charge < -0.3 is 10.5 Å². The van der Waals surface area contributed by atoms with E-state index in [0.717, 1.165) is 23.5 Å². The van der Waals surface area contributed by atoms with E-state index < -0.39 is 0 Å². The molecule has 0 radical (unpaired) electrons. The molecule has 2 rings (SSSR count). The Bertz CT molecular complexity index is 533. The van der Waals surface area contributed by atoms with Crippen molar-refractivity contribution in [2.75, 3.05) is 18.9 Å². The number of anilines is 1. The molecule has 0 bridgehead atoms. The number of imidazole rings is 1. The van der Waals surface area contributed by atoms with E-state index in [2.05, 4.69) is 23.8 Å². The van der Waals surface area contributed by atoms with Crippen LogP contribution in [0.5, 0.6) is 0 Å². The molecule has 0 fully saturated rings. The Morgan fingerprint density at radius 2 is 2.11 bits per heavy atom. The molecule has 0 aliphatic carbocycles. The van der Waals surface area contributed by atoms with Crippen LogP contribution in [0.2, 0.25) is 0 Å². The fraction of sp³-hybridized carbons (Fsp3) is 0.538. The summed E-state index contributed by atoms with van der Waals surface area (Å²) in [5.74, 6) is 1.04. The first-order valence-electron chi connectivity index (χ1n) is 6.25. The van der Waals surface area contributed by atoms with Crippen molar-refractivity contribution in [3.63, 3.8) is 0 Å². The Morgan fingerprint density at radius 1 is 1.33 bits per heavy atom. The molecule has 2 heterocycles. The van der Waals surface area contributed by atoms with Gasteiger partial charge in [-0.2, -0.15) is 0 Å². The predicted molar refractivity (Wildman–Crippen MR) is 72.3 cm³/mol. The van der Waals surface area contributed by atoms with E-state index in [0.29, 0.717) is 25.0 Å². The molecule has 2 aromatic rings. The van der Waals surface area contributed by atoms with Gasteiger partial charge in [0.05, 0.1) is 13.2 Å². The largest absolute Gasteiger partial charge is 0.379 e. The number of nitrogens with zero attached hydrogens (tertiary/aromatic N) is 3. The van der Waals surface area contributed by atoms with Gasteiger partial charge in [-0.1, -0.05) is 13.8 Å².